The van der Waals surface area contributed by atoms with E-state index in [1.807, 2.05) is 65.2 Å². The summed E-state index contributed by atoms with van der Waals surface area (Å²) in [6.07, 6.45) is 3.67. The maximum atomic E-state index is 13.8. The van der Waals surface area contributed by atoms with Gasteiger partial charge in [0.2, 0.25) is 0 Å². The van der Waals surface area contributed by atoms with E-state index in [9.17, 15) is 4.79 Å². The van der Waals surface area contributed by atoms with Crippen LogP contribution in [0.1, 0.15) is 34.9 Å². The number of rotatable bonds is 3. The van der Waals surface area contributed by atoms with E-state index in [0.717, 1.165) is 44.7 Å². The summed E-state index contributed by atoms with van der Waals surface area (Å²) in [5.74, 6) is 1.41. The SMILES string of the molecule is O=c1/c(=C/c2ccc(-c3ccc(Br)cc3)o2)sc2n1[C@@H](c1ccccc1)C1=C(N=2)c2ccccc2CC1. The highest BCUT2D eigenvalue weighted by Crippen LogP contribution is 2.41. The van der Waals surface area contributed by atoms with Crippen LogP contribution in [-0.4, -0.2) is 4.57 Å². The van der Waals surface area contributed by atoms with E-state index in [0.29, 0.717) is 10.3 Å². The van der Waals surface area contributed by atoms with E-state index in [2.05, 4.69) is 52.3 Å². The van der Waals surface area contributed by atoms with Crippen LogP contribution in [0, 0.1) is 0 Å². The molecule has 0 spiro atoms. The molecule has 0 radical (unpaired) electrons. The number of allylic oxidation sites excluding steroid dienone is 1. The molecule has 2 aliphatic rings. The first-order valence-electron chi connectivity index (χ1n) is 12.2. The van der Waals surface area contributed by atoms with Crippen molar-refractivity contribution < 1.29 is 4.42 Å². The molecular weight excluding hydrogens is 544 g/mol. The van der Waals surface area contributed by atoms with E-state index in [4.69, 9.17) is 9.41 Å². The van der Waals surface area contributed by atoms with Crippen LogP contribution in [0.25, 0.3) is 23.1 Å². The minimum Gasteiger partial charge on any atom is -0.457 e. The summed E-state index contributed by atoms with van der Waals surface area (Å²) in [7, 11) is 0. The smallest absolute Gasteiger partial charge is 0.271 e. The molecule has 3 heterocycles. The van der Waals surface area contributed by atoms with Gasteiger partial charge in [0.15, 0.2) is 4.80 Å². The van der Waals surface area contributed by atoms with Crippen LogP contribution in [0.4, 0.5) is 0 Å². The third-order valence-corrected chi connectivity index (χ3v) is 8.53. The van der Waals surface area contributed by atoms with Crippen molar-refractivity contribution in [3.8, 4) is 11.3 Å². The summed E-state index contributed by atoms with van der Waals surface area (Å²) < 4.78 is 9.60. The molecule has 7 rings (SSSR count). The number of aryl methyl sites for hydroxylation is 1. The first kappa shape index (κ1) is 22.5. The number of fused-ring (bicyclic) bond motifs is 3. The van der Waals surface area contributed by atoms with Gasteiger partial charge in [-0.3, -0.25) is 9.36 Å². The van der Waals surface area contributed by atoms with E-state index < -0.39 is 0 Å². The van der Waals surface area contributed by atoms with Gasteiger partial charge < -0.3 is 4.42 Å². The number of hydrogen-bond acceptors (Lipinski definition) is 4. The van der Waals surface area contributed by atoms with E-state index in [-0.39, 0.29) is 11.6 Å². The monoisotopic (exact) mass is 564 g/mol. The number of thiazole rings is 1. The van der Waals surface area contributed by atoms with Gasteiger partial charge in [-0.25, -0.2) is 4.99 Å². The Balaban J connectivity index is 1.39. The molecule has 0 bridgehead atoms. The molecule has 0 N–H and O–H groups in total. The quantitative estimate of drug-likeness (QED) is 0.256. The van der Waals surface area contributed by atoms with Gasteiger partial charge in [0.1, 0.15) is 11.5 Å². The maximum absolute atomic E-state index is 13.8. The first-order chi connectivity index (χ1) is 18.2. The van der Waals surface area contributed by atoms with E-state index in [1.165, 1.54) is 28.0 Å². The Bertz CT molecular complexity index is 1860. The summed E-state index contributed by atoms with van der Waals surface area (Å²) in [6, 6.07) is 30.4. The van der Waals surface area contributed by atoms with Crippen molar-refractivity contribution in [2.75, 3.05) is 0 Å². The van der Waals surface area contributed by atoms with Crippen LogP contribution in [0.5, 0.6) is 0 Å². The fourth-order valence-corrected chi connectivity index (χ4v) is 6.53. The fourth-order valence-electron chi connectivity index (χ4n) is 5.29. The average molecular weight is 565 g/mol. The second-order valence-electron chi connectivity index (χ2n) is 9.23. The predicted molar refractivity (Wildman–Crippen MR) is 151 cm³/mol. The Morgan fingerprint density at radius 2 is 1.70 bits per heavy atom. The van der Waals surface area contributed by atoms with Crippen LogP contribution in [-0.2, 0) is 6.42 Å². The summed E-state index contributed by atoms with van der Waals surface area (Å²) in [5.41, 5.74) is 6.76. The van der Waals surface area contributed by atoms with Gasteiger partial charge in [-0.15, -0.1) is 0 Å². The molecule has 0 amide bonds. The average Bonchev–Trinajstić information content (AvgIpc) is 3.53. The molecule has 0 unspecified atom stereocenters. The van der Waals surface area contributed by atoms with Crippen molar-refractivity contribution in [1.29, 1.82) is 0 Å². The molecule has 1 aliphatic carbocycles. The highest BCUT2D eigenvalue weighted by atomic mass is 79.9. The Morgan fingerprint density at radius 1 is 0.919 bits per heavy atom. The van der Waals surface area contributed by atoms with Gasteiger partial charge in [-0.05, 0) is 53.8 Å². The highest BCUT2D eigenvalue weighted by Gasteiger charge is 2.32. The second-order valence-corrected chi connectivity index (χ2v) is 11.2. The standard InChI is InChI=1S/C31H21BrN2O2S/c32-22-13-10-20(11-14-22)26-17-15-23(36-26)18-27-30(35)34-29(21-7-2-1-3-8-21)25-16-12-19-6-4-5-9-24(19)28(25)33-31(34)37-27/h1-11,13-15,17-18,29H,12,16H2/b27-18-/t29-/m0/s1. The van der Waals surface area contributed by atoms with Gasteiger partial charge in [-0.1, -0.05) is 94.0 Å². The molecule has 6 heteroatoms. The molecule has 180 valence electrons. The fraction of sp³-hybridized carbons (Fsp3) is 0.0968. The zero-order valence-electron chi connectivity index (χ0n) is 19.7. The molecule has 0 fully saturated rings. The van der Waals surface area contributed by atoms with Crippen molar-refractivity contribution in [1.82, 2.24) is 4.57 Å². The maximum Gasteiger partial charge on any atom is 0.271 e. The van der Waals surface area contributed by atoms with Crippen LogP contribution >= 0.6 is 27.3 Å². The van der Waals surface area contributed by atoms with Crippen molar-refractivity contribution in [2.24, 2.45) is 4.99 Å². The minimum atomic E-state index is -0.169. The van der Waals surface area contributed by atoms with Gasteiger partial charge in [0.05, 0.1) is 16.3 Å². The van der Waals surface area contributed by atoms with Crippen molar-refractivity contribution in [3.63, 3.8) is 0 Å². The molecule has 5 aromatic rings. The molecule has 3 aromatic carbocycles. The lowest BCUT2D eigenvalue weighted by molar-refractivity contribution is 0.570. The van der Waals surface area contributed by atoms with Gasteiger partial charge in [-0.2, -0.15) is 0 Å². The topological polar surface area (TPSA) is 47.5 Å². The molecule has 1 aliphatic heterocycles. The van der Waals surface area contributed by atoms with E-state index in [1.54, 1.807) is 0 Å². The number of nitrogens with zero attached hydrogens (tertiary/aromatic N) is 2. The van der Waals surface area contributed by atoms with Crippen LogP contribution in [0.2, 0.25) is 0 Å². The van der Waals surface area contributed by atoms with Gasteiger partial charge in [0, 0.05) is 21.7 Å². The molecule has 4 nitrogen and oxygen atoms in total. The van der Waals surface area contributed by atoms with Crippen LogP contribution in [0.3, 0.4) is 0 Å². The largest absolute Gasteiger partial charge is 0.457 e. The lowest BCUT2D eigenvalue weighted by Crippen LogP contribution is -2.38. The summed E-state index contributed by atoms with van der Waals surface area (Å²) in [4.78, 5) is 19.6. The Hall–Kier alpha value is -3.74. The number of furan rings is 1. The normalized spacial score (nSPS) is 16.7. The number of aromatic nitrogens is 1. The van der Waals surface area contributed by atoms with E-state index >= 15 is 0 Å². The van der Waals surface area contributed by atoms with Gasteiger partial charge in [0.25, 0.3) is 5.56 Å². The summed E-state index contributed by atoms with van der Waals surface area (Å²) >= 11 is 4.89. The summed E-state index contributed by atoms with van der Waals surface area (Å²) in [5, 5.41) is 0. The molecule has 37 heavy (non-hydrogen) atoms. The Labute approximate surface area is 225 Å². The lowest BCUT2D eigenvalue weighted by atomic mass is 9.83. The third-order valence-electron chi connectivity index (χ3n) is 7.02. The minimum absolute atomic E-state index is 0.0374. The zero-order valence-corrected chi connectivity index (χ0v) is 22.1. The Kier molecular flexibility index (Phi) is 5.45. The van der Waals surface area contributed by atoms with Gasteiger partial charge >= 0.3 is 0 Å². The van der Waals surface area contributed by atoms with Crippen LogP contribution < -0.4 is 14.9 Å². The molecule has 1 atom stereocenters. The molecule has 2 aromatic heterocycles. The number of benzene rings is 3. The zero-order chi connectivity index (χ0) is 24.9. The first-order valence-corrected chi connectivity index (χ1v) is 13.8. The number of hydrogen-bond donors (Lipinski definition) is 0. The second kappa shape index (κ2) is 8.98. The Morgan fingerprint density at radius 3 is 2.54 bits per heavy atom. The van der Waals surface area contributed by atoms with Crippen molar-refractivity contribution in [3.05, 3.63) is 143 Å². The molecule has 0 saturated heterocycles. The van der Waals surface area contributed by atoms with Crippen molar-refractivity contribution >= 4 is 39.0 Å². The predicted octanol–water partition coefficient (Wildman–Crippen LogP) is 6.34. The van der Waals surface area contributed by atoms with Crippen molar-refractivity contribution in [2.45, 2.75) is 18.9 Å². The highest BCUT2D eigenvalue weighted by molar-refractivity contribution is 9.10. The number of halogens is 1. The lowest BCUT2D eigenvalue weighted by Gasteiger charge is -2.30. The molecular formula is C31H21BrN2O2S. The van der Waals surface area contributed by atoms with Crippen LogP contribution in [0.15, 0.2) is 115 Å². The molecule has 0 saturated carbocycles. The third kappa shape index (κ3) is 3.88. The summed E-state index contributed by atoms with van der Waals surface area (Å²) in [6.45, 7) is 0.